The van der Waals surface area contributed by atoms with Crippen LogP contribution < -0.4 is 5.32 Å². The summed E-state index contributed by atoms with van der Waals surface area (Å²) in [7, 11) is 1.26. The second-order valence-electron chi connectivity index (χ2n) is 1.95. The Bertz CT molecular complexity index is 160. The van der Waals surface area contributed by atoms with Gasteiger partial charge in [-0.15, -0.1) is 11.6 Å². The third-order valence-electron chi connectivity index (χ3n) is 1.05. The highest BCUT2D eigenvalue weighted by Gasteiger charge is 2.14. The molecule has 0 fully saturated rings. The molecule has 0 aliphatic carbocycles. The van der Waals surface area contributed by atoms with Gasteiger partial charge in [0.1, 0.15) is 11.9 Å². The van der Waals surface area contributed by atoms with Gasteiger partial charge < -0.3 is 10.1 Å². The summed E-state index contributed by atoms with van der Waals surface area (Å²) in [4.78, 5) is 21.3. The summed E-state index contributed by atoms with van der Waals surface area (Å²) in [5.41, 5.74) is 0. The first-order valence-electron chi connectivity index (χ1n) is 3.05. The summed E-state index contributed by atoms with van der Waals surface area (Å²) in [6, 6.07) is -0.633. The average molecular weight is 180 g/mol. The number of esters is 1. The van der Waals surface area contributed by atoms with Gasteiger partial charge in [0.15, 0.2) is 0 Å². The number of halogens is 1. The summed E-state index contributed by atoms with van der Waals surface area (Å²) in [5, 5.41) is 2.33. The highest BCUT2D eigenvalue weighted by atomic mass is 35.5. The first-order chi connectivity index (χ1) is 5.11. The highest BCUT2D eigenvalue weighted by molar-refractivity contribution is 6.27. The van der Waals surface area contributed by atoms with Crippen molar-refractivity contribution >= 4 is 23.5 Å². The Kier molecular flexibility index (Phi) is 4.61. The van der Waals surface area contributed by atoms with Crippen LogP contribution in [0.15, 0.2) is 0 Å². The molecule has 0 bridgehead atoms. The molecule has 0 rings (SSSR count). The molecule has 0 aromatic rings. The standard InChI is InChI=1S/C6H10ClNO3/c1-4(6(10)11-2)8-5(9)3-7/h4H,3H2,1-2H3,(H,8,9)/t4-/m1/s1. The molecule has 1 atom stereocenters. The zero-order valence-corrected chi connectivity index (χ0v) is 7.14. The molecular formula is C6H10ClNO3. The van der Waals surface area contributed by atoms with Gasteiger partial charge in [-0.1, -0.05) is 0 Å². The van der Waals surface area contributed by atoms with Crippen molar-refractivity contribution in [2.24, 2.45) is 0 Å². The predicted octanol–water partition coefficient (Wildman–Crippen LogP) is -0.0971. The summed E-state index contributed by atoms with van der Waals surface area (Å²) >= 11 is 5.18. The molecule has 4 nitrogen and oxygen atoms in total. The summed E-state index contributed by atoms with van der Waals surface area (Å²) in [5.74, 6) is -1.02. The van der Waals surface area contributed by atoms with Crippen LogP contribution in [0.2, 0.25) is 0 Å². The normalized spacial score (nSPS) is 11.9. The third-order valence-corrected chi connectivity index (χ3v) is 1.30. The zero-order chi connectivity index (χ0) is 8.85. The number of hydrogen-bond donors (Lipinski definition) is 1. The Morgan fingerprint density at radius 1 is 1.64 bits per heavy atom. The van der Waals surface area contributed by atoms with Crippen LogP contribution in [0.3, 0.4) is 0 Å². The summed E-state index contributed by atoms with van der Waals surface area (Å²) in [6.07, 6.45) is 0. The van der Waals surface area contributed by atoms with Crippen LogP contribution in [0.5, 0.6) is 0 Å². The quantitative estimate of drug-likeness (QED) is 0.487. The van der Waals surface area contributed by atoms with E-state index in [1.807, 2.05) is 0 Å². The molecule has 0 saturated heterocycles. The third kappa shape index (κ3) is 3.83. The first-order valence-corrected chi connectivity index (χ1v) is 3.58. The maximum absolute atomic E-state index is 10.7. The summed E-state index contributed by atoms with van der Waals surface area (Å²) < 4.78 is 4.36. The number of rotatable bonds is 3. The topological polar surface area (TPSA) is 55.4 Å². The van der Waals surface area contributed by atoms with E-state index in [0.29, 0.717) is 0 Å². The fourth-order valence-corrected chi connectivity index (χ4v) is 0.593. The van der Waals surface area contributed by atoms with Crippen LogP contribution in [-0.4, -0.2) is 30.9 Å². The van der Waals surface area contributed by atoms with Crippen molar-refractivity contribution in [1.29, 1.82) is 0 Å². The van der Waals surface area contributed by atoms with Crippen molar-refractivity contribution in [3.8, 4) is 0 Å². The van der Waals surface area contributed by atoms with Crippen molar-refractivity contribution < 1.29 is 14.3 Å². The molecule has 5 heteroatoms. The Morgan fingerprint density at radius 3 is 2.55 bits per heavy atom. The molecule has 0 aliphatic heterocycles. The van der Waals surface area contributed by atoms with Gasteiger partial charge in [-0.3, -0.25) is 4.79 Å². The Labute approximate surface area is 69.9 Å². The van der Waals surface area contributed by atoms with Crippen LogP contribution >= 0.6 is 11.6 Å². The maximum Gasteiger partial charge on any atom is 0.328 e. The van der Waals surface area contributed by atoms with Crippen LogP contribution in [0.1, 0.15) is 6.92 Å². The lowest BCUT2D eigenvalue weighted by molar-refractivity contribution is -0.144. The van der Waals surface area contributed by atoms with Gasteiger partial charge in [0.25, 0.3) is 0 Å². The molecule has 0 aliphatic rings. The van der Waals surface area contributed by atoms with Crippen LogP contribution in [0.4, 0.5) is 0 Å². The number of alkyl halides is 1. The molecule has 0 radical (unpaired) electrons. The Balaban J connectivity index is 3.77. The van der Waals surface area contributed by atoms with Gasteiger partial charge in [-0.05, 0) is 6.92 Å². The minimum absolute atomic E-state index is 0.151. The van der Waals surface area contributed by atoms with E-state index in [4.69, 9.17) is 11.6 Å². The maximum atomic E-state index is 10.7. The van der Waals surface area contributed by atoms with E-state index >= 15 is 0 Å². The number of hydrogen-bond acceptors (Lipinski definition) is 3. The monoisotopic (exact) mass is 179 g/mol. The molecule has 64 valence electrons. The van der Waals surface area contributed by atoms with Gasteiger partial charge in [-0.25, -0.2) is 4.79 Å². The van der Waals surface area contributed by atoms with E-state index in [9.17, 15) is 9.59 Å². The molecule has 0 heterocycles. The molecule has 0 saturated carbocycles. The molecule has 1 N–H and O–H groups in total. The van der Waals surface area contributed by atoms with Crippen LogP contribution in [0.25, 0.3) is 0 Å². The van der Waals surface area contributed by atoms with E-state index in [2.05, 4.69) is 10.1 Å². The van der Waals surface area contributed by atoms with E-state index in [1.165, 1.54) is 14.0 Å². The average Bonchev–Trinajstić information content (AvgIpc) is 2.02. The minimum atomic E-state index is -0.633. The Hall–Kier alpha value is -0.770. The van der Waals surface area contributed by atoms with Crippen molar-refractivity contribution in [2.75, 3.05) is 13.0 Å². The number of methoxy groups -OCH3 is 1. The number of carbonyl (C=O) groups is 2. The second-order valence-corrected chi connectivity index (χ2v) is 2.21. The van der Waals surface area contributed by atoms with Gasteiger partial charge in [0.05, 0.1) is 7.11 Å². The summed E-state index contributed by atoms with van der Waals surface area (Å²) in [6.45, 7) is 1.52. The molecule has 11 heavy (non-hydrogen) atoms. The minimum Gasteiger partial charge on any atom is -0.467 e. The second kappa shape index (κ2) is 4.96. The molecule has 0 aromatic carbocycles. The molecule has 1 amide bonds. The van der Waals surface area contributed by atoms with Gasteiger partial charge >= 0.3 is 5.97 Å². The lowest BCUT2D eigenvalue weighted by Gasteiger charge is -2.09. The van der Waals surface area contributed by atoms with E-state index in [0.717, 1.165) is 0 Å². The van der Waals surface area contributed by atoms with E-state index in [-0.39, 0.29) is 11.8 Å². The van der Waals surface area contributed by atoms with Crippen molar-refractivity contribution in [2.45, 2.75) is 13.0 Å². The van der Waals surface area contributed by atoms with Gasteiger partial charge in [-0.2, -0.15) is 0 Å². The fourth-order valence-electron chi connectivity index (χ4n) is 0.516. The van der Waals surface area contributed by atoms with Crippen molar-refractivity contribution in [3.05, 3.63) is 0 Å². The lowest BCUT2D eigenvalue weighted by atomic mass is 10.3. The molecule has 0 unspecified atom stereocenters. The fraction of sp³-hybridized carbons (Fsp3) is 0.667. The predicted molar refractivity (Wildman–Crippen MR) is 40.3 cm³/mol. The lowest BCUT2D eigenvalue weighted by Crippen LogP contribution is -2.39. The number of carbonyl (C=O) groups excluding carboxylic acids is 2. The number of amides is 1. The first kappa shape index (κ1) is 10.2. The number of nitrogens with one attached hydrogen (secondary N) is 1. The van der Waals surface area contributed by atoms with Gasteiger partial charge in [0.2, 0.25) is 5.91 Å². The molecule has 0 aromatic heterocycles. The Morgan fingerprint density at radius 2 is 2.18 bits per heavy atom. The highest BCUT2D eigenvalue weighted by Crippen LogP contribution is 1.86. The van der Waals surface area contributed by atoms with Crippen molar-refractivity contribution in [3.63, 3.8) is 0 Å². The molecule has 0 spiro atoms. The van der Waals surface area contributed by atoms with Crippen LogP contribution in [0, 0.1) is 0 Å². The zero-order valence-electron chi connectivity index (χ0n) is 6.39. The largest absolute Gasteiger partial charge is 0.467 e. The molecular weight excluding hydrogens is 170 g/mol. The number of ether oxygens (including phenoxy) is 1. The smallest absolute Gasteiger partial charge is 0.328 e. The van der Waals surface area contributed by atoms with Crippen molar-refractivity contribution in [1.82, 2.24) is 5.32 Å². The van der Waals surface area contributed by atoms with E-state index in [1.54, 1.807) is 0 Å². The van der Waals surface area contributed by atoms with Crippen LogP contribution in [-0.2, 0) is 14.3 Å². The van der Waals surface area contributed by atoms with Gasteiger partial charge in [0, 0.05) is 0 Å². The van der Waals surface area contributed by atoms with E-state index < -0.39 is 12.0 Å². The SMILES string of the molecule is COC(=O)[C@@H](C)NC(=O)CCl.